The Bertz CT molecular complexity index is 1120. The Morgan fingerprint density at radius 1 is 1.26 bits per heavy atom. The number of esters is 1. The highest BCUT2D eigenvalue weighted by molar-refractivity contribution is 5.94. The smallest absolute Gasteiger partial charge is 0.307 e. The summed E-state index contributed by atoms with van der Waals surface area (Å²) < 4.78 is 6.89. The van der Waals surface area contributed by atoms with Gasteiger partial charge >= 0.3 is 5.97 Å². The molecule has 31 heavy (non-hydrogen) atoms. The number of pyridine rings is 1. The van der Waals surface area contributed by atoms with Gasteiger partial charge in [0.05, 0.1) is 42.2 Å². The summed E-state index contributed by atoms with van der Waals surface area (Å²) in [6.45, 7) is 7.04. The Kier molecular flexibility index (Phi) is 5.79. The molecular weight excluding hydrogens is 398 g/mol. The lowest BCUT2D eigenvalue weighted by Gasteiger charge is -2.25. The zero-order valence-corrected chi connectivity index (χ0v) is 17.8. The van der Waals surface area contributed by atoms with Crippen LogP contribution in [0.2, 0.25) is 0 Å². The molecule has 3 aromatic heterocycles. The topological polar surface area (TPSA) is 124 Å². The van der Waals surface area contributed by atoms with E-state index in [1.54, 1.807) is 12.4 Å². The minimum Gasteiger partial charge on any atom is -0.466 e. The van der Waals surface area contributed by atoms with Gasteiger partial charge in [-0.25, -0.2) is 14.6 Å². The monoisotopic (exact) mass is 423 g/mol. The molecule has 1 saturated heterocycles. The number of aromatic nitrogens is 5. The minimum atomic E-state index is -0.316. The number of rotatable bonds is 6. The number of amides is 1. The van der Waals surface area contributed by atoms with Crippen LogP contribution in [0.4, 0.5) is 5.69 Å². The fourth-order valence-corrected chi connectivity index (χ4v) is 3.63. The van der Waals surface area contributed by atoms with Gasteiger partial charge in [0, 0.05) is 43.0 Å². The Morgan fingerprint density at radius 3 is 2.81 bits per heavy atom. The summed E-state index contributed by atoms with van der Waals surface area (Å²) in [7, 11) is 0. The van der Waals surface area contributed by atoms with E-state index in [0.29, 0.717) is 19.6 Å². The minimum absolute atomic E-state index is 0.0614. The van der Waals surface area contributed by atoms with Crippen molar-refractivity contribution in [3.63, 3.8) is 0 Å². The maximum Gasteiger partial charge on any atom is 0.307 e. The third-order valence-electron chi connectivity index (χ3n) is 5.32. The Morgan fingerprint density at radius 2 is 2.10 bits per heavy atom. The van der Waals surface area contributed by atoms with Crippen molar-refractivity contribution in [3.05, 3.63) is 41.2 Å². The number of anilines is 1. The van der Waals surface area contributed by atoms with Crippen molar-refractivity contribution in [3.8, 4) is 0 Å². The molecule has 0 saturated carbocycles. The lowest BCUT2D eigenvalue weighted by atomic mass is 10.0. The molecule has 0 aromatic carbocycles. The zero-order chi connectivity index (χ0) is 22.0. The standard InChI is InChI=1S/C21H25N7O3/c1-4-28-20-16(10-25-28)19(27-14-5-6-31-18(29)7-14)15(13(3)26-20)9-24-21(30)17-11-22-12(2)8-23-17/h8,10-11,14H,4-7,9H2,1-3H3,(H,24,30)(H,26,27). The van der Waals surface area contributed by atoms with Gasteiger partial charge in [0.1, 0.15) is 5.69 Å². The van der Waals surface area contributed by atoms with E-state index in [-0.39, 0.29) is 36.6 Å². The van der Waals surface area contributed by atoms with Gasteiger partial charge in [0.25, 0.3) is 5.91 Å². The molecule has 3 aromatic rings. The van der Waals surface area contributed by atoms with Gasteiger partial charge in [0.15, 0.2) is 5.65 Å². The van der Waals surface area contributed by atoms with Crippen molar-refractivity contribution >= 4 is 28.6 Å². The molecule has 1 aliphatic heterocycles. The second kappa shape index (κ2) is 8.66. The van der Waals surface area contributed by atoms with Gasteiger partial charge in [0.2, 0.25) is 0 Å². The fraction of sp³-hybridized carbons (Fsp3) is 0.429. The summed E-state index contributed by atoms with van der Waals surface area (Å²) >= 11 is 0. The van der Waals surface area contributed by atoms with Gasteiger partial charge in [-0.1, -0.05) is 0 Å². The highest BCUT2D eigenvalue weighted by Crippen LogP contribution is 2.30. The van der Waals surface area contributed by atoms with Gasteiger partial charge in [-0.05, 0) is 20.8 Å². The molecule has 0 radical (unpaired) electrons. The molecule has 1 aliphatic rings. The van der Waals surface area contributed by atoms with E-state index in [0.717, 1.165) is 33.7 Å². The predicted octanol–water partition coefficient (Wildman–Crippen LogP) is 1.91. The molecule has 1 fully saturated rings. The summed E-state index contributed by atoms with van der Waals surface area (Å²) in [5.41, 5.74) is 4.21. The SMILES string of the molecule is CCn1ncc2c(NC3CCOC(=O)C3)c(CNC(=O)c3cnc(C)cn3)c(C)nc21. The van der Waals surface area contributed by atoms with Crippen LogP contribution >= 0.6 is 0 Å². The van der Waals surface area contributed by atoms with E-state index in [9.17, 15) is 9.59 Å². The Labute approximate surface area is 179 Å². The first-order chi connectivity index (χ1) is 15.0. The average molecular weight is 423 g/mol. The van der Waals surface area contributed by atoms with Gasteiger partial charge in [-0.3, -0.25) is 14.6 Å². The molecule has 10 nitrogen and oxygen atoms in total. The van der Waals surface area contributed by atoms with Crippen LogP contribution in [0, 0.1) is 13.8 Å². The number of aryl methyl sites for hydroxylation is 3. The number of carbonyl (C=O) groups excluding carboxylic acids is 2. The van der Waals surface area contributed by atoms with E-state index in [2.05, 4.69) is 25.7 Å². The van der Waals surface area contributed by atoms with Crippen molar-refractivity contribution in [2.45, 2.75) is 52.7 Å². The Balaban J connectivity index is 1.65. The van der Waals surface area contributed by atoms with Crippen molar-refractivity contribution in [2.24, 2.45) is 0 Å². The van der Waals surface area contributed by atoms with E-state index in [4.69, 9.17) is 9.72 Å². The van der Waals surface area contributed by atoms with Crippen molar-refractivity contribution in [1.82, 2.24) is 30.0 Å². The third kappa shape index (κ3) is 4.32. The number of fused-ring (bicyclic) bond motifs is 1. The molecule has 4 rings (SSSR count). The zero-order valence-electron chi connectivity index (χ0n) is 17.8. The van der Waals surface area contributed by atoms with E-state index < -0.39 is 0 Å². The lowest BCUT2D eigenvalue weighted by molar-refractivity contribution is -0.147. The molecule has 2 N–H and O–H groups in total. The predicted molar refractivity (Wildman–Crippen MR) is 113 cm³/mol. The van der Waals surface area contributed by atoms with Crippen LogP contribution in [0.3, 0.4) is 0 Å². The highest BCUT2D eigenvalue weighted by atomic mass is 16.5. The first-order valence-electron chi connectivity index (χ1n) is 10.3. The molecule has 10 heteroatoms. The molecule has 4 heterocycles. The van der Waals surface area contributed by atoms with Crippen LogP contribution in [-0.2, 0) is 22.6 Å². The van der Waals surface area contributed by atoms with Crippen LogP contribution in [0.25, 0.3) is 11.0 Å². The molecule has 1 atom stereocenters. The Hall–Kier alpha value is -3.56. The summed E-state index contributed by atoms with van der Waals surface area (Å²) in [4.78, 5) is 37.3. The maximum absolute atomic E-state index is 12.6. The number of hydrogen-bond acceptors (Lipinski definition) is 8. The van der Waals surface area contributed by atoms with Gasteiger partial charge < -0.3 is 15.4 Å². The number of nitrogens with zero attached hydrogens (tertiary/aromatic N) is 5. The third-order valence-corrected chi connectivity index (χ3v) is 5.32. The number of cyclic esters (lactones) is 1. The molecule has 0 spiro atoms. The van der Waals surface area contributed by atoms with Crippen LogP contribution in [-0.4, -0.2) is 49.3 Å². The van der Waals surface area contributed by atoms with Gasteiger partial charge in [-0.2, -0.15) is 5.10 Å². The molecular formula is C21H25N7O3. The first-order valence-corrected chi connectivity index (χ1v) is 10.3. The molecule has 1 unspecified atom stereocenters. The van der Waals surface area contributed by atoms with Crippen LogP contribution in [0.15, 0.2) is 18.6 Å². The summed E-state index contributed by atoms with van der Waals surface area (Å²) in [6.07, 6.45) is 5.78. The molecule has 1 amide bonds. The van der Waals surface area contributed by atoms with Crippen molar-refractivity contribution in [2.75, 3.05) is 11.9 Å². The largest absolute Gasteiger partial charge is 0.466 e. The van der Waals surface area contributed by atoms with E-state index in [1.807, 2.05) is 25.5 Å². The molecule has 0 aliphatic carbocycles. The number of nitrogens with one attached hydrogen (secondary N) is 2. The van der Waals surface area contributed by atoms with Gasteiger partial charge in [-0.15, -0.1) is 0 Å². The summed E-state index contributed by atoms with van der Waals surface area (Å²) in [6, 6.07) is -0.0614. The average Bonchev–Trinajstić information content (AvgIpc) is 3.16. The van der Waals surface area contributed by atoms with Crippen molar-refractivity contribution < 1.29 is 14.3 Å². The number of carbonyl (C=O) groups is 2. The fourth-order valence-electron chi connectivity index (χ4n) is 3.63. The van der Waals surface area contributed by atoms with E-state index in [1.165, 1.54) is 6.20 Å². The quantitative estimate of drug-likeness (QED) is 0.576. The van der Waals surface area contributed by atoms with Crippen LogP contribution in [0.1, 0.15) is 47.2 Å². The number of ether oxygens (including phenoxy) is 1. The number of hydrogen-bond donors (Lipinski definition) is 2. The van der Waals surface area contributed by atoms with E-state index >= 15 is 0 Å². The maximum atomic E-state index is 12.6. The first kappa shape index (κ1) is 20.7. The van der Waals surface area contributed by atoms with Crippen LogP contribution in [0.5, 0.6) is 0 Å². The highest BCUT2D eigenvalue weighted by Gasteiger charge is 2.24. The lowest BCUT2D eigenvalue weighted by Crippen LogP contribution is -2.32. The molecule has 162 valence electrons. The summed E-state index contributed by atoms with van der Waals surface area (Å²) in [5.74, 6) is -0.536. The van der Waals surface area contributed by atoms with Crippen LogP contribution < -0.4 is 10.6 Å². The second-order valence-electron chi connectivity index (χ2n) is 7.53. The normalized spacial score (nSPS) is 16.2. The molecule has 0 bridgehead atoms. The second-order valence-corrected chi connectivity index (χ2v) is 7.53. The van der Waals surface area contributed by atoms with Crippen molar-refractivity contribution in [1.29, 1.82) is 0 Å². The summed E-state index contributed by atoms with van der Waals surface area (Å²) in [5, 5.41) is 11.7.